The molecule has 4 aromatic rings. The highest BCUT2D eigenvalue weighted by Gasteiger charge is 2.30. The quantitative estimate of drug-likeness (QED) is 0.131. The van der Waals surface area contributed by atoms with Gasteiger partial charge in [-0.05, 0) is 135 Å². The van der Waals surface area contributed by atoms with Crippen LogP contribution in [0.4, 0.5) is 5.69 Å². The number of carboxylic acid groups (broad SMARTS) is 2. The molecule has 11 heteroatoms. The molecule has 0 aliphatic carbocycles. The zero-order valence-corrected chi connectivity index (χ0v) is 31.5. The molecule has 11 nitrogen and oxygen atoms in total. The maximum Gasteiger partial charge on any atom is 0.320 e. The minimum Gasteiger partial charge on any atom is -0.480 e. The van der Waals surface area contributed by atoms with Crippen LogP contribution >= 0.6 is 0 Å². The first-order chi connectivity index (χ1) is 25.9. The normalized spacial score (nSPS) is 17.9. The van der Waals surface area contributed by atoms with E-state index in [1.165, 1.54) is 0 Å². The van der Waals surface area contributed by atoms with E-state index >= 15 is 0 Å². The number of amides is 1. The van der Waals surface area contributed by atoms with Crippen molar-refractivity contribution < 1.29 is 29.4 Å². The molecule has 2 aliphatic rings. The minimum atomic E-state index is -0.804. The largest absolute Gasteiger partial charge is 0.480 e. The second kappa shape index (κ2) is 16.8. The standard InChI is InChI=1S/C43H49N5O6/c1-26-19-36(44-22-31(26)24-47-17-7-5-15-38(47)42(51)52)40(49)21-30-11-9-12-33(28(30)3)34-13-10-14-35(29(34)4)46-41(50)37-20-27(2)32(23-45-37)25-48-18-8-6-16-39(48)43(53)54/h9-14,19-20,22-23,38-39H,5-8,15-18,21,24-25H2,1-4H3,(H,46,50)(H,51,52)(H,53,54)/t38-,39-/m1/s1. The summed E-state index contributed by atoms with van der Waals surface area (Å²) in [4.78, 5) is 63.5. The van der Waals surface area contributed by atoms with Crippen molar-refractivity contribution >= 4 is 29.3 Å². The average Bonchev–Trinajstić information content (AvgIpc) is 3.15. The van der Waals surface area contributed by atoms with Crippen molar-refractivity contribution in [3.8, 4) is 11.1 Å². The highest BCUT2D eigenvalue weighted by molar-refractivity contribution is 6.04. The molecular formula is C43H49N5O6. The smallest absolute Gasteiger partial charge is 0.320 e. The number of ketones is 1. The molecule has 2 aromatic heterocycles. The number of carbonyl (C=O) groups is 4. The Hall–Kier alpha value is -5.26. The van der Waals surface area contributed by atoms with Gasteiger partial charge in [-0.25, -0.2) is 0 Å². The van der Waals surface area contributed by atoms with Crippen molar-refractivity contribution in [1.29, 1.82) is 0 Å². The number of carbonyl (C=O) groups excluding carboxylic acids is 2. The van der Waals surface area contributed by atoms with Gasteiger partial charge < -0.3 is 15.5 Å². The van der Waals surface area contributed by atoms with Crippen molar-refractivity contribution in [1.82, 2.24) is 19.8 Å². The molecule has 0 radical (unpaired) electrons. The lowest BCUT2D eigenvalue weighted by atomic mass is 9.91. The molecule has 3 N–H and O–H groups in total. The summed E-state index contributed by atoms with van der Waals surface area (Å²) in [6, 6.07) is 14.2. The van der Waals surface area contributed by atoms with Gasteiger partial charge in [-0.3, -0.25) is 38.9 Å². The van der Waals surface area contributed by atoms with Crippen LogP contribution in [0.2, 0.25) is 0 Å². The van der Waals surface area contributed by atoms with Crippen molar-refractivity contribution in [3.63, 3.8) is 0 Å². The van der Waals surface area contributed by atoms with Crippen LogP contribution < -0.4 is 5.32 Å². The number of nitrogens with zero attached hydrogens (tertiary/aromatic N) is 4. The van der Waals surface area contributed by atoms with Gasteiger partial charge in [0.05, 0.1) is 0 Å². The number of nitrogens with one attached hydrogen (secondary N) is 1. The van der Waals surface area contributed by atoms with Crippen molar-refractivity contribution in [3.05, 3.63) is 111 Å². The Bertz CT molecular complexity index is 1930. The number of aromatic nitrogens is 2. The number of hydrogen-bond donors (Lipinski definition) is 3. The zero-order valence-electron chi connectivity index (χ0n) is 31.5. The molecule has 2 fully saturated rings. The first-order valence-corrected chi connectivity index (χ1v) is 18.8. The number of hydrogen-bond acceptors (Lipinski definition) is 8. The van der Waals surface area contributed by atoms with Gasteiger partial charge in [0.15, 0.2) is 5.78 Å². The molecule has 1 amide bonds. The van der Waals surface area contributed by atoms with Crippen LogP contribution in [-0.4, -0.2) is 78.8 Å². The number of aliphatic carboxylic acids is 2. The van der Waals surface area contributed by atoms with Crippen LogP contribution in [0.1, 0.15) is 98.4 Å². The Labute approximate surface area is 316 Å². The number of Topliss-reactive ketones (excluding diaryl/α,β-unsaturated/α-hetero) is 1. The predicted molar refractivity (Wildman–Crippen MR) is 207 cm³/mol. The van der Waals surface area contributed by atoms with Gasteiger partial charge in [0.1, 0.15) is 23.5 Å². The van der Waals surface area contributed by atoms with Crippen LogP contribution in [-0.2, 0) is 29.1 Å². The molecule has 54 heavy (non-hydrogen) atoms. The molecule has 0 saturated carbocycles. The van der Waals surface area contributed by atoms with E-state index in [1.54, 1.807) is 24.5 Å². The highest BCUT2D eigenvalue weighted by Crippen LogP contribution is 2.33. The number of piperidine rings is 2. The van der Waals surface area contributed by atoms with Gasteiger partial charge in [-0.15, -0.1) is 0 Å². The first-order valence-electron chi connectivity index (χ1n) is 18.8. The number of benzene rings is 2. The van der Waals surface area contributed by atoms with Crippen LogP contribution in [0, 0.1) is 27.7 Å². The second-order valence-corrected chi connectivity index (χ2v) is 14.8. The lowest BCUT2D eigenvalue weighted by molar-refractivity contribution is -0.145. The molecule has 6 rings (SSSR count). The Kier molecular flexibility index (Phi) is 12.0. The SMILES string of the molecule is Cc1cc(C(=O)Cc2cccc(-c3cccc(NC(=O)c4cc(C)c(CN5CCCC[C@@H]5C(=O)O)cn4)c3C)c2C)ncc1CN1CCCC[C@@H]1C(=O)O. The van der Waals surface area contributed by atoms with Gasteiger partial charge in [-0.2, -0.15) is 0 Å². The summed E-state index contributed by atoms with van der Waals surface area (Å²) in [6.45, 7) is 10.2. The molecule has 0 spiro atoms. The third kappa shape index (κ3) is 8.58. The molecule has 4 heterocycles. The van der Waals surface area contributed by atoms with Gasteiger partial charge in [-0.1, -0.05) is 43.2 Å². The summed E-state index contributed by atoms with van der Waals surface area (Å²) in [6.07, 6.45) is 8.57. The fourth-order valence-corrected chi connectivity index (χ4v) is 7.81. The van der Waals surface area contributed by atoms with E-state index in [9.17, 15) is 29.4 Å². The number of carboxylic acids is 2. The summed E-state index contributed by atoms with van der Waals surface area (Å²) in [7, 11) is 0. The molecule has 2 aromatic carbocycles. The van der Waals surface area contributed by atoms with Gasteiger partial charge in [0.2, 0.25) is 0 Å². The maximum atomic E-state index is 13.5. The number of aryl methyl sites for hydroxylation is 2. The Morgan fingerprint density at radius 2 is 1.20 bits per heavy atom. The van der Waals surface area contributed by atoms with E-state index in [0.717, 1.165) is 88.8 Å². The third-order valence-corrected chi connectivity index (χ3v) is 11.2. The molecule has 282 valence electrons. The average molecular weight is 732 g/mol. The van der Waals surface area contributed by atoms with E-state index in [2.05, 4.69) is 15.3 Å². The highest BCUT2D eigenvalue weighted by atomic mass is 16.4. The van der Waals surface area contributed by atoms with Gasteiger partial charge in [0.25, 0.3) is 5.91 Å². The maximum absolute atomic E-state index is 13.5. The molecule has 2 saturated heterocycles. The van der Waals surface area contributed by atoms with E-state index in [0.29, 0.717) is 37.3 Å². The van der Waals surface area contributed by atoms with Crippen LogP contribution in [0.5, 0.6) is 0 Å². The monoisotopic (exact) mass is 731 g/mol. The summed E-state index contributed by atoms with van der Waals surface area (Å²) in [5.74, 6) is -2.04. The summed E-state index contributed by atoms with van der Waals surface area (Å²) in [5, 5.41) is 22.4. The summed E-state index contributed by atoms with van der Waals surface area (Å²) < 4.78 is 0. The first kappa shape index (κ1) is 38.5. The van der Waals surface area contributed by atoms with Crippen LogP contribution in [0.25, 0.3) is 11.1 Å². The van der Waals surface area contributed by atoms with E-state index in [1.807, 2.05) is 73.9 Å². The zero-order chi connectivity index (χ0) is 38.5. The van der Waals surface area contributed by atoms with Crippen LogP contribution in [0.15, 0.2) is 60.9 Å². The van der Waals surface area contributed by atoms with Crippen molar-refractivity contribution in [2.45, 2.75) is 97.8 Å². The molecular weight excluding hydrogens is 683 g/mol. The number of likely N-dealkylation sites (tertiary alicyclic amines) is 2. The predicted octanol–water partition coefficient (Wildman–Crippen LogP) is 6.93. The molecule has 2 atom stereocenters. The van der Waals surface area contributed by atoms with E-state index in [-0.39, 0.29) is 23.8 Å². The van der Waals surface area contributed by atoms with E-state index in [4.69, 9.17) is 0 Å². The number of rotatable bonds is 12. The molecule has 0 unspecified atom stereocenters. The van der Waals surface area contributed by atoms with Gasteiger partial charge in [0, 0.05) is 37.6 Å². The fraction of sp³-hybridized carbons (Fsp3) is 0.395. The third-order valence-electron chi connectivity index (χ3n) is 11.2. The second-order valence-electron chi connectivity index (χ2n) is 14.8. The summed E-state index contributed by atoms with van der Waals surface area (Å²) in [5.41, 5.74) is 9.53. The van der Waals surface area contributed by atoms with Crippen LogP contribution in [0.3, 0.4) is 0 Å². The Morgan fingerprint density at radius 1 is 0.685 bits per heavy atom. The summed E-state index contributed by atoms with van der Waals surface area (Å²) >= 11 is 0. The number of pyridine rings is 2. The van der Waals surface area contributed by atoms with Crippen molar-refractivity contribution in [2.75, 3.05) is 18.4 Å². The fourth-order valence-electron chi connectivity index (χ4n) is 7.81. The Balaban J connectivity index is 1.14. The lowest BCUT2D eigenvalue weighted by Gasteiger charge is -2.33. The van der Waals surface area contributed by atoms with Crippen molar-refractivity contribution in [2.24, 2.45) is 0 Å². The Morgan fingerprint density at radius 3 is 1.76 bits per heavy atom. The minimum absolute atomic E-state index is 0.101. The van der Waals surface area contributed by atoms with Gasteiger partial charge >= 0.3 is 11.9 Å². The topological polar surface area (TPSA) is 153 Å². The number of anilines is 1. The molecule has 0 bridgehead atoms. The lowest BCUT2D eigenvalue weighted by Crippen LogP contribution is -2.44. The molecule has 2 aliphatic heterocycles. The van der Waals surface area contributed by atoms with E-state index < -0.39 is 24.0 Å².